The van der Waals surface area contributed by atoms with Gasteiger partial charge in [0.05, 0.1) is 0 Å². The fourth-order valence-electron chi connectivity index (χ4n) is 2.57. The summed E-state index contributed by atoms with van der Waals surface area (Å²) in [6, 6.07) is 12.6. The Bertz CT molecular complexity index is 905. The molecule has 2 N–H and O–H groups in total. The molecule has 3 aromatic rings. The van der Waals surface area contributed by atoms with Crippen LogP contribution in [0, 0.1) is 0 Å². The molecular formula is C17H11NO3. The first-order chi connectivity index (χ1) is 10.2. The van der Waals surface area contributed by atoms with Crippen LogP contribution in [0.15, 0.2) is 54.4 Å². The second-order valence-electron chi connectivity index (χ2n) is 4.88. The first kappa shape index (κ1) is 11.8. The topological polar surface area (TPSA) is 62.3 Å². The van der Waals surface area contributed by atoms with Crippen molar-refractivity contribution in [1.29, 1.82) is 0 Å². The van der Waals surface area contributed by atoms with E-state index in [0.717, 1.165) is 16.5 Å². The number of Topliss-reactive ketones (excluding diaryl/α,β-unsaturated/α-hetero) is 1. The summed E-state index contributed by atoms with van der Waals surface area (Å²) in [5.41, 5.74) is 2.10. The second kappa shape index (κ2) is 4.24. The van der Waals surface area contributed by atoms with Crippen LogP contribution in [-0.4, -0.2) is 15.9 Å². The first-order valence-electron chi connectivity index (χ1n) is 6.56. The number of carbonyl (C=O) groups excluding carboxylic acids is 1. The van der Waals surface area contributed by atoms with Crippen molar-refractivity contribution in [1.82, 2.24) is 4.98 Å². The van der Waals surface area contributed by atoms with Crippen molar-refractivity contribution in [3.8, 4) is 11.5 Å². The quantitative estimate of drug-likeness (QED) is 0.669. The number of allylic oxidation sites excluding steroid dienone is 1. The average molecular weight is 277 g/mol. The van der Waals surface area contributed by atoms with E-state index in [2.05, 4.69) is 4.98 Å². The van der Waals surface area contributed by atoms with Crippen molar-refractivity contribution >= 4 is 22.8 Å². The molecule has 0 aliphatic carbocycles. The molecule has 0 bridgehead atoms. The number of para-hydroxylation sites is 1. The summed E-state index contributed by atoms with van der Waals surface area (Å²) < 4.78 is 5.56. The maximum absolute atomic E-state index is 12.3. The van der Waals surface area contributed by atoms with Crippen LogP contribution in [0.4, 0.5) is 0 Å². The lowest BCUT2D eigenvalue weighted by Gasteiger charge is -1.97. The summed E-state index contributed by atoms with van der Waals surface area (Å²) >= 11 is 0. The summed E-state index contributed by atoms with van der Waals surface area (Å²) in [6.07, 6.45) is 3.53. The highest BCUT2D eigenvalue weighted by Gasteiger charge is 2.30. The Kier molecular flexibility index (Phi) is 2.38. The highest BCUT2D eigenvalue weighted by molar-refractivity contribution is 6.16. The molecule has 0 radical (unpaired) electrons. The van der Waals surface area contributed by atoms with Crippen LogP contribution in [0.2, 0.25) is 0 Å². The highest BCUT2D eigenvalue weighted by Crippen LogP contribution is 2.37. The molecule has 0 unspecified atom stereocenters. The number of aromatic amines is 1. The molecule has 0 saturated heterocycles. The van der Waals surface area contributed by atoms with E-state index in [1.54, 1.807) is 18.2 Å². The molecule has 4 heteroatoms. The summed E-state index contributed by atoms with van der Waals surface area (Å²) in [7, 11) is 0. The van der Waals surface area contributed by atoms with E-state index in [1.807, 2.05) is 30.5 Å². The Morgan fingerprint density at radius 1 is 1.10 bits per heavy atom. The zero-order chi connectivity index (χ0) is 14.4. The summed E-state index contributed by atoms with van der Waals surface area (Å²) in [5, 5.41) is 10.8. The van der Waals surface area contributed by atoms with Crippen LogP contribution in [0.3, 0.4) is 0 Å². The van der Waals surface area contributed by atoms with Gasteiger partial charge in [0.2, 0.25) is 5.78 Å². The molecule has 0 saturated carbocycles. The third kappa shape index (κ3) is 1.73. The van der Waals surface area contributed by atoms with Gasteiger partial charge in [0.15, 0.2) is 5.76 Å². The third-order valence-electron chi connectivity index (χ3n) is 3.58. The number of carbonyl (C=O) groups is 1. The molecule has 0 amide bonds. The molecule has 1 aromatic heterocycles. The van der Waals surface area contributed by atoms with Crippen LogP contribution < -0.4 is 4.74 Å². The van der Waals surface area contributed by atoms with Gasteiger partial charge >= 0.3 is 0 Å². The Morgan fingerprint density at radius 2 is 1.95 bits per heavy atom. The number of ether oxygens (including phenoxy) is 1. The number of fused-ring (bicyclic) bond motifs is 2. The first-order valence-corrected chi connectivity index (χ1v) is 6.56. The van der Waals surface area contributed by atoms with Crippen LogP contribution in [-0.2, 0) is 0 Å². The van der Waals surface area contributed by atoms with Crippen LogP contribution >= 0.6 is 0 Å². The van der Waals surface area contributed by atoms with Gasteiger partial charge in [0.25, 0.3) is 0 Å². The number of ketones is 1. The van der Waals surface area contributed by atoms with Crippen molar-refractivity contribution in [2.24, 2.45) is 0 Å². The van der Waals surface area contributed by atoms with Crippen LogP contribution in [0.1, 0.15) is 15.9 Å². The van der Waals surface area contributed by atoms with E-state index in [0.29, 0.717) is 5.75 Å². The summed E-state index contributed by atoms with van der Waals surface area (Å²) in [4.78, 5) is 15.5. The van der Waals surface area contributed by atoms with Crippen molar-refractivity contribution in [2.45, 2.75) is 0 Å². The molecule has 2 aromatic carbocycles. The van der Waals surface area contributed by atoms with Crippen LogP contribution in [0.5, 0.6) is 11.5 Å². The smallest absolute Gasteiger partial charge is 0.235 e. The molecule has 0 atom stereocenters. The minimum atomic E-state index is -0.298. The van der Waals surface area contributed by atoms with Crippen molar-refractivity contribution in [3.05, 3.63) is 65.5 Å². The number of phenolic OH excluding ortho intramolecular Hbond substituents is 1. The molecule has 4 rings (SSSR count). The van der Waals surface area contributed by atoms with Crippen molar-refractivity contribution in [3.63, 3.8) is 0 Å². The second-order valence-corrected chi connectivity index (χ2v) is 4.88. The van der Waals surface area contributed by atoms with E-state index < -0.39 is 0 Å². The van der Waals surface area contributed by atoms with Gasteiger partial charge in [-0.3, -0.25) is 4.79 Å². The fraction of sp³-hybridized carbons (Fsp3) is 0. The molecule has 0 spiro atoms. The van der Waals surface area contributed by atoms with Gasteiger partial charge in [0.1, 0.15) is 17.1 Å². The van der Waals surface area contributed by atoms with E-state index in [9.17, 15) is 9.90 Å². The number of phenols is 1. The number of nitrogens with one attached hydrogen (secondary N) is 1. The lowest BCUT2D eigenvalue weighted by atomic mass is 10.1. The molecule has 1 aliphatic heterocycles. The van der Waals surface area contributed by atoms with Crippen molar-refractivity contribution in [2.75, 3.05) is 0 Å². The summed E-state index contributed by atoms with van der Waals surface area (Å²) in [6.45, 7) is 0. The highest BCUT2D eigenvalue weighted by atomic mass is 16.5. The lowest BCUT2D eigenvalue weighted by molar-refractivity contribution is 0.101. The number of rotatable bonds is 1. The number of hydrogen-bond donors (Lipinski definition) is 2. The Hall–Kier alpha value is -3.01. The number of aromatic hydroxyl groups is 1. The van der Waals surface area contributed by atoms with Gasteiger partial charge in [-0.05, 0) is 24.3 Å². The van der Waals surface area contributed by atoms with Gasteiger partial charge in [-0.2, -0.15) is 0 Å². The normalized spacial score (nSPS) is 15.4. The van der Waals surface area contributed by atoms with Gasteiger partial charge in [0, 0.05) is 22.7 Å². The van der Waals surface area contributed by atoms with Crippen LogP contribution in [0.25, 0.3) is 17.0 Å². The number of hydrogen-bond acceptors (Lipinski definition) is 3. The number of benzene rings is 2. The molecule has 21 heavy (non-hydrogen) atoms. The molecular weight excluding hydrogens is 266 g/mol. The predicted molar refractivity (Wildman–Crippen MR) is 79.3 cm³/mol. The van der Waals surface area contributed by atoms with Gasteiger partial charge in [-0.15, -0.1) is 0 Å². The van der Waals surface area contributed by atoms with E-state index >= 15 is 0 Å². The minimum Gasteiger partial charge on any atom is -0.507 e. The average Bonchev–Trinajstić information content (AvgIpc) is 3.03. The molecule has 1 aliphatic rings. The maximum Gasteiger partial charge on any atom is 0.235 e. The lowest BCUT2D eigenvalue weighted by Crippen LogP contribution is -1.98. The zero-order valence-electron chi connectivity index (χ0n) is 11.0. The number of H-pyrrole nitrogens is 1. The van der Waals surface area contributed by atoms with Crippen molar-refractivity contribution < 1.29 is 14.6 Å². The molecule has 4 nitrogen and oxygen atoms in total. The third-order valence-corrected chi connectivity index (χ3v) is 3.58. The monoisotopic (exact) mass is 277 g/mol. The zero-order valence-corrected chi connectivity index (χ0v) is 11.0. The Labute approximate surface area is 120 Å². The Morgan fingerprint density at radius 3 is 2.81 bits per heavy atom. The Balaban J connectivity index is 1.82. The van der Waals surface area contributed by atoms with E-state index in [-0.39, 0.29) is 22.9 Å². The molecule has 0 fully saturated rings. The van der Waals surface area contributed by atoms with Gasteiger partial charge < -0.3 is 14.8 Å². The molecule has 2 heterocycles. The van der Waals surface area contributed by atoms with E-state index in [1.165, 1.54) is 6.07 Å². The SMILES string of the molecule is O=C1C(=Cc2c[nH]c3ccccc23)Oc2cccc(O)c21. The largest absolute Gasteiger partial charge is 0.507 e. The maximum atomic E-state index is 12.3. The minimum absolute atomic E-state index is 0.0557. The van der Waals surface area contributed by atoms with E-state index in [4.69, 9.17) is 4.74 Å². The standard InChI is InChI=1S/C17H11NO3/c19-13-6-3-7-14-16(13)17(20)15(21-14)8-10-9-18-12-5-2-1-4-11(10)12/h1-9,18-19H. The predicted octanol–water partition coefficient (Wildman–Crippen LogP) is 3.49. The molecule has 102 valence electrons. The van der Waals surface area contributed by atoms with Gasteiger partial charge in [-0.1, -0.05) is 24.3 Å². The fourth-order valence-corrected chi connectivity index (χ4v) is 2.57. The summed E-state index contributed by atoms with van der Waals surface area (Å²) in [5.74, 6) is 0.260. The number of aromatic nitrogens is 1. The van der Waals surface area contributed by atoms with Gasteiger partial charge in [-0.25, -0.2) is 0 Å².